The van der Waals surface area contributed by atoms with E-state index in [1.54, 1.807) is 5.57 Å². The van der Waals surface area contributed by atoms with Gasteiger partial charge >= 0.3 is 0 Å². The summed E-state index contributed by atoms with van der Waals surface area (Å²) in [6.07, 6.45) is 10.0. The second kappa shape index (κ2) is 13.0. The lowest BCUT2D eigenvalue weighted by atomic mass is 9.72. The van der Waals surface area contributed by atoms with Crippen molar-refractivity contribution in [3.8, 4) is 0 Å². The van der Waals surface area contributed by atoms with Crippen LogP contribution >= 0.6 is 0 Å². The van der Waals surface area contributed by atoms with E-state index < -0.39 is 12.2 Å². The summed E-state index contributed by atoms with van der Waals surface area (Å²) in [5.41, 5.74) is 1.57. The van der Waals surface area contributed by atoms with E-state index in [1.807, 2.05) is 7.05 Å². The molecule has 1 saturated carbocycles. The largest absolute Gasteiger partial charge is 0.390 e. The Morgan fingerprint density at radius 3 is 2.32 bits per heavy atom. The molecular formula is C25H49NO2. The lowest BCUT2D eigenvalue weighted by Gasteiger charge is -2.38. The van der Waals surface area contributed by atoms with Crippen LogP contribution in [0.15, 0.2) is 11.6 Å². The van der Waals surface area contributed by atoms with E-state index in [-0.39, 0.29) is 11.8 Å². The number of hydrogen-bond donors (Lipinski definition) is 3. The van der Waals surface area contributed by atoms with Gasteiger partial charge in [-0.1, -0.05) is 59.1 Å². The molecule has 1 fully saturated rings. The minimum Gasteiger partial charge on any atom is -0.390 e. The maximum absolute atomic E-state index is 11.2. The quantitative estimate of drug-likeness (QED) is 0.448. The van der Waals surface area contributed by atoms with Gasteiger partial charge in [0.05, 0.1) is 12.2 Å². The highest BCUT2D eigenvalue weighted by Crippen LogP contribution is 2.38. The molecule has 3 heteroatoms. The molecule has 5 unspecified atom stereocenters. The second-order valence-electron chi connectivity index (χ2n) is 9.73. The number of hydrogen-bond acceptors (Lipinski definition) is 3. The van der Waals surface area contributed by atoms with Crippen LogP contribution in [0.2, 0.25) is 0 Å². The van der Waals surface area contributed by atoms with Gasteiger partial charge in [0, 0.05) is 6.04 Å². The van der Waals surface area contributed by atoms with Crippen molar-refractivity contribution in [2.45, 2.75) is 111 Å². The first-order valence-electron chi connectivity index (χ1n) is 11.9. The Balaban J connectivity index is 2.83. The van der Waals surface area contributed by atoms with Crippen LogP contribution in [0.4, 0.5) is 0 Å². The molecule has 0 aromatic heterocycles. The number of rotatable bonds is 9. The predicted octanol–water partition coefficient (Wildman–Crippen LogP) is 5.56. The average Bonchev–Trinajstić information content (AvgIpc) is 2.73. The summed E-state index contributed by atoms with van der Waals surface area (Å²) in [6.45, 7) is 13.4. The molecule has 166 valence electrons. The molecule has 0 spiro atoms. The van der Waals surface area contributed by atoms with E-state index in [0.29, 0.717) is 23.8 Å². The Kier molecular flexibility index (Phi) is 11.9. The van der Waals surface area contributed by atoms with E-state index in [2.05, 4.69) is 52.9 Å². The van der Waals surface area contributed by atoms with Crippen LogP contribution in [0.5, 0.6) is 0 Å². The molecule has 0 radical (unpaired) electrons. The van der Waals surface area contributed by atoms with Gasteiger partial charge in [0.25, 0.3) is 0 Å². The van der Waals surface area contributed by atoms with Crippen LogP contribution in [0.25, 0.3) is 0 Å². The zero-order chi connectivity index (χ0) is 21.3. The molecule has 0 bridgehead atoms. The summed E-state index contributed by atoms with van der Waals surface area (Å²) in [5.74, 6) is 1.76. The van der Waals surface area contributed by atoms with Crippen molar-refractivity contribution in [2.24, 2.45) is 29.6 Å². The standard InChI is InChI=1S/C25H49NO2/c1-8-10-11-22(26-7)16-20(6)24(27)25(28)23-18(4)13-12-17(3)21(9-2)15-14-19(23)5/h9,17-20,22-28H,8,10-16H2,1-7H3/b21-9-/t17-,18?,19?,20?,22?,23?,24+,25+/m0/s1. The Bertz CT molecular complexity index is 450. The number of allylic oxidation sites excluding steroid dienone is 2. The number of nitrogens with one attached hydrogen (secondary N) is 1. The average molecular weight is 396 g/mol. The fourth-order valence-electron chi connectivity index (χ4n) is 5.37. The zero-order valence-electron chi connectivity index (χ0n) is 19.7. The van der Waals surface area contributed by atoms with Crippen molar-refractivity contribution in [2.75, 3.05) is 7.05 Å². The van der Waals surface area contributed by atoms with Crippen molar-refractivity contribution < 1.29 is 10.2 Å². The van der Waals surface area contributed by atoms with Gasteiger partial charge in [0.1, 0.15) is 0 Å². The highest BCUT2D eigenvalue weighted by Gasteiger charge is 2.37. The minimum absolute atomic E-state index is 0.0985. The Morgan fingerprint density at radius 2 is 1.75 bits per heavy atom. The van der Waals surface area contributed by atoms with E-state index >= 15 is 0 Å². The summed E-state index contributed by atoms with van der Waals surface area (Å²) in [7, 11) is 2.01. The van der Waals surface area contributed by atoms with Crippen LogP contribution in [0.3, 0.4) is 0 Å². The number of aliphatic hydroxyl groups excluding tert-OH is 2. The lowest BCUT2D eigenvalue weighted by molar-refractivity contribution is -0.0747. The van der Waals surface area contributed by atoms with Gasteiger partial charge in [-0.15, -0.1) is 0 Å². The topological polar surface area (TPSA) is 52.5 Å². The molecule has 0 aromatic rings. The summed E-state index contributed by atoms with van der Waals surface area (Å²) >= 11 is 0. The van der Waals surface area contributed by atoms with Gasteiger partial charge in [-0.05, 0) is 82.1 Å². The van der Waals surface area contributed by atoms with E-state index in [9.17, 15) is 10.2 Å². The molecule has 28 heavy (non-hydrogen) atoms. The normalized spacial score (nSPS) is 32.8. The fourth-order valence-corrected chi connectivity index (χ4v) is 5.37. The number of unbranched alkanes of at least 4 members (excludes halogenated alkanes) is 1. The molecule has 0 saturated heterocycles. The molecule has 1 aliphatic carbocycles. The summed E-state index contributed by atoms with van der Waals surface area (Å²) in [6, 6.07) is 0.422. The summed E-state index contributed by atoms with van der Waals surface area (Å²) in [5, 5.41) is 25.7. The second-order valence-corrected chi connectivity index (χ2v) is 9.73. The Hall–Kier alpha value is -0.380. The summed E-state index contributed by atoms with van der Waals surface area (Å²) in [4.78, 5) is 0. The maximum atomic E-state index is 11.2. The SMILES string of the molecule is C/C=C1/CCC(C)C([C@@H](O)[C@H](O)C(C)CC(CCCC)NC)C(C)CC[C@@H]1C. The van der Waals surface area contributed by atoms with Gasteiger partial charge in [-0.25, -0.2) is 0 Å². The van der Waals surface area contributed by atoms with E-state index in [0.717, 1.165) is 32.1 Å². The van der Waals surface area contributed by atoms with Crippen molar-refractivity contribution >= 4 is 0 Å². The van der Waals surface area contributed by atoms with Crippen molar-refractivity contribution in [1.82, 2.24) is 5.32 Å². The number of aliphatic hydroxyl groups is 2. The van der Waals surface area contributed by atoms with Crippen molar-refractivity contribution in [3.05, 3.63) is 11.6 Å². The molecule has 0 aromatic carbocycles. The van der Waals surface area contributed by atoms with E-state index in [1.165, 1.54) is 19.3 Å². The van der Waals surface area contributed by atoms with Gasteiger partial charge < -0.3 is 15.5 Å². The first kappa shape index (κ1) is 25.7. The van der Waals surface area contributed by atoms with Gasteiger partial charge in [-0.2, -0.15) is 0 Å². The van der Waals surface area contributed by atoms with Crippen molar-refractivity contribution in [1.29, 1.82) is 0 Å². The monoisotopic (exact) mass is 395 g/mol. The first-order chi connectivity index (χ1) is 13.3. The third kappa shape index (κ3) is 7.46. The third-order valence-corrected chi connectivity index (χ3v) is 7.56. The lowest BCUT2D eigenvalue weighted by Crippen LogP contribution is -2.44. The Morgan fingerprint density at radius 1 is 1.11 bits per heavy atom. The van der Waals surface area contributed by atoms with Crippen LogP contribution in [-0.4, -0.2) is 35.5 Å². The van der Waals surface area contributed by atoms with E-state index in [4.69, 9.17) is 0 Å². The molecule has 3 nitrogen and oxygen atoms in total. The Labute approximate surface area is 175 Å². The molecule has 0 aliphatic heterocycles. The minimum atomic E-state index is -0.647. The first-order valence-corrected chi connectivity index (χ1v) is 11.9. The molecular weight excluding hydrogens is 346 g/mol. The smallest absolute Gasteiger partial charge is 0.0834 e. The zero-order valence-corrected chi connectivity index (χ0v) is 19.7. The predicted molar refractivity (Wildman–Crippen MR) is 121 cm³/mol. The molecule has 0 heterocycles. The fraction of sp³-hybridized carbons (Fsp3) is 0.920. The molecule has 0 amide bonds. The highest BCUT2D eigenvalue weighted by molar-refractivity contribution is 5.06. The molecule has 1 rings (SSSR count). The molecule has 3 N–H and O–H groups in total. The van der Waals surface area contributed by atoms with Crippen LogP contribution < -0.4 is 5.32 Å². The molecule has 8 atom stereocenters. The molecule has 1 aliphatic rings. The van der Waals surface area contributed by atoms with Crippen LogP contribution in [0.1, 0.15) is 92.9 Å². The van der Waals surface area contributed by atoms with Gasteiger partial charge in [0.2, 0.25) is 0 Å². The van der Waals surface area contributed by atoms with Gasteiger partial charge in [0.15, 0.2) is 0 Å². The van der Waals surface area contributed by atoms with Crippen molar-refractivity contribution in [3.63, 3.8) is 0 Å². The highest BCUT2D eigenvalue weighted by atomic mass is 16.3. The third-order valence-electron chi connectivity index (χ3n) is 7.56. The maximum Gasteiger partial charge on any atom is 0.0834 e. The van der Waals surface area contributed by atoms with Gasteiger partial charge in [-0.3, -0.25) is 0 Å². The summed E-state index contributed by atoms with van der Waals surface area (Å²) < 4.78 is 0. The van der Waals surface area contributed by atoms with Crippen LogP contribution in [-0.2, 0) is 0 Å². The van der Waals surface area contributed by atoms with Crippen LogP contribution in [0, 0.1) is 29.6 Å².